The van der Waals surface area contributed by atoms with Crippen LogP contribution < -0.4 is 51.4 Å². The van der Waals surface area contributed by atoms with Crippen LogP contribution in [0.4, 0.5) is 0 Å². The smallest absolute Gasteiger partial charge is 0.714 e. The standard InChI is InChI=1S/C11H19NO10S2.K/c1-2-5(14)3-7(12-22-24(18,19)20)23-11-10(17)9(16)8(15)6(4-13)21-11;/h2,5-6,8-11,13-17H,1,3-4H2,(H,18,19,20);/q;+1/p-1/b12-7+;. The van der Waals surface area contributed by atoms with Gasteiger partial charge in [0, 0.05) is 6.42 Å². The van der Waals surface area contributed by atoms with E-state index in [0.29, 0.717) is 11.8 Å². The fraction of sp³-hybridized carbons (Fsp3) is 0.727. The van der Waals surface area contributed by atoms with E-state index in [1.54, 1.807) is 0 Å². The Morgan fingerprint density at radius 1 is 1.36 bits per heavy atom. The second-order valence-electron chi connectivity index (χ2n) is 4.79. The summed E-state index contributed by atoms with van der Waals surface area (Å²) < 4.78 is 40.4. The van der Waals surface area contributed by atoms with Crippen LogP contribution in [0.1, 0.15) is 6.42 Å². The minimum Gasteiger partial charge on any atom is -0.714 e. The molecule has 0 aromatic carbocycles. The molecule has 0 aromatic heterocycles. The van der Waals surface area contributed by atoms with E-state index < -0.39 is 53.0 Å². The van der Waals surface area contributed by atoms with Gasteiger partial charge in [0.25, 0.3) is 10.4 Å². The minimum absolute atomic E-state index is 0. The number of aliphatic hydroxyl groups excluding tert-OH is 5. The van der Waals surface area contributed by atoms with E-state index in [9.17, 15) is 33.4 Å². The van der Waals surface area contributed by atoms with Crippen molar-refractivity contribution in [1.29, 1.82) is 0 Å². The number of rotatable bonds is 7. The van der Waals surface area contributed by atoms with Crippen molar-refractivity contribution in [3.8, 4) is 0 Å². The van der Waals surface area contributed by atoms with Gasteiger partial charge in [0.1, 0.15) is 34.9 Å². The van der Waals surface area contributed by atoms with Gasteiger partial charge in [-0.15, -0.1) is 6.58 Å². The van der Waals surface area contributed by atoms with Crippen molar-refractivity contribution in [3.63, 3.8) is 0 Å². The molecule has 6 unspecified atom stereocenters. The van der Waals surface area contributed by atoms with Crippen molar-refractivity contribution in [3.05, 3.63) is 12.7 Å². The van der Waals surface area contributed by atoms with Crippen molar-refractivity contribution in [2.24, 2.45) is 5.16 Å². The predicted molar refractivity (Wildman–Crippen MR) is 80.4 cm³/mol. The van der Waals surface area contributed by atoms with Crippen LogP contribution in [0.15, 0.2) is 17.8 Å². The molecule has 1 heterocycles. The van der Waals surface area contributed by atoms with Gasteiger partial charge in [-0.25, -0.2) is 0 Å². The number of ether oxygens (including phenoxy) is 1. The molecule has 0 aliphatic carbocycles. The number of hydrogen-bond acceptors (Lipinski definition) is 12. The quantitative estimate of drug-likeness (QED) is 0.0495. The van der Waals surface area contributed by atoms with Crippen LogP contribution in [0, 0.1) is 0 Å². The van der Waals surface area contributed by atoms with Gasteiger partial charge < -0.3 is 34.8 Å². The van der Waals surface area contributed by atoms with Gasteiger partial charge in [0.05, 0.1) is 12.7 Å². The molecule has 0 spiro atoms. The normalized spacial score (nSPS) is 31.8. The largest absolute Gasteiger partial charge is 1.00 e. The monoisotopic (exact) mass is 427 g/mol. The number of nitrogens with zero attached hydrogens (tertiary/aromatic N) is 1. The van der Waals surface area contributed by atoms with Crippen molar-refractivity contribution in [2.45, 2.75) is 42.4 Å². The Kier molecular flexibility index (Phi) is 12.1. The maximum atomic E-state index is 10.5. The molecule has 1 saturated heterocycles. The number of oxime groups is 1. The van der Waals surface area contributed by atoms with Crippen LogP contribution in [0.25, 0.3) is 0 Å². The Balaban J connectivity index is 0.00000576. The Hall–Kier alpha value is 0.866. The molecule has 0 bridgehead atoms. The number of thioether (sulfide) groups is 1. The molecular weight excluding hydrogens is 409 g/mol. The molecule has 6 atom stereocenters. The summed E-state index contributed by atoms with van der Waals surface area (Å²) in [6.07, 6.45) is -6.41. The second-order valence-corrected chi connectivity index (χ2v) is 6.93. The van der Waals surface area contributed by atoms with E-state index in [-0.39, 0.29) is 62.8 Å². The molecule has 25 heavy (non-hydrogen) atoms. The molecule has 0 radical (unpaired) electrons. The van der Waals surface area contributed by atoms with Crippen LogP contribution in [0.3, 0.4) is 0 Å². The van der Waals surface area contributed by atoms with Gasteiger partial charge in [-0.05, 0) is 0 Å². The summed E-state index contributed by atoms with van der Waals surface area (Å²) in [5, 5.41) is 50.7. The minimum atomic E-state index is -5.14. The molecule has 1 aliphatic rings. The molecule has 14 heteroatoms. The molecular formula is C11H18KNO10S2. The van der Waals surface area contributed by atoms with Gasteiger partial charge in [-0.3, -0.25) is 4.28 Å². The Morgan fingerprint density at radius 3 is 2.44 bits per heavy atom. The summed E-state index contributed by atoms with van der Waals surface area (Å²) in [5.41, 5.74) is -1.28. The summed E-state index contributed by atoms with van der Waals surface area (Å²) in [5.74, 6) is 0. The Morgan fingerprint density at radius 2 is 1.96 bits per heavy atom. The Bertz CT molecular complexity index is 557. The third kappa shape index (κ3) is 8.61. The van der Waals surface area contributed by atoms with Crippen molar-refractivity contribution >= 4 is 27.2 Å². The summed E-state index contributed by atoms with van der Waals surface area (Å²) in [7, 11) is -5.14. The summed E-state index contributed by atoms with van der Waals surface area (Å²) in [6, 6.07) is 0. The molecule has 0 aromatic rings. The molecule has 1 rings (SSSR count). The summed E-state index contributed by atoms with van der Waals surface area (Å²) >= 11 is 0.542. The SMILES string of the molecule is C=CC(O)C/C(=N\OS(=O)(=O)[O-])SC1OC(CO)C(O)C(O)C1O.[K+]. The molecule has 1 fully saturated rings. The number of aliphatic hydroxyl groups is 5. The zero-order valence-electron chi connectivity index (χ0n) is 13.2. The molecule has 5 N–H and O–H groups in total. The zero-order chi connectivity index (χ0) is 18.5. The van der Waals surface area contributed by atoms with Crippen LogP contribution in [0.2, 0.25) is 0 Å². The molecule has 11 nitrogen and oxygen atoms in total. The average molecular weight is 427 g/mol. The fourth-order valence-electron chi connectivity index (χ4n) is 1.76. The van der Waals surface area contributed by atoms with Crippen LogP contribution >= 0.6 is 11.8 Å². The van der Waals surface area contributed by atoms with Crippen LogP contribution in [0.5, 0.6) is 0 Å². The van der Waals surface area contributed by atoms with E-state index in [4.69, 9.17) is 9.84 Å². The van der Waals surface area contributed by atoms with Crippen molar-refractivity contribution in [1.82, 2.24) is 0 Å². The van der Waals surface area contributed by atoms with Gasteiger partial charge in [0.2, 0.25) is 0 Å². The van der Waals surface area contributed by atoms with Gasteiger partial charge >= 0.3 is 51.4 Å². The fourth-order valence-corrected chi connectivity index (χ4v) is 3.10. The zero-order valence-corrected chi connectivity index (χ0v) is 18.0. The summed E-state index contributed by atoms with van der Waals surface area (Å²) in [6.45, 7) is 2.65. The molecule has 0 amide bonds. The average Bonchev–Trinajstić information content (AvgIpc) is 2.52. The number of hydrogen-bond donors (Lipinski definition) is 5. The first-order valence-electron chi connectivity index (χ1n) is 6.58. The topological polar surface area (TPSA) is 189 Å². The van der Waals surface area contributed by atoms with Crippen LogP contribution in [-0.4, -0.2) is 86.1 Å². The van der Waals surface area contributed by atoms with E-state index in [2.05, 4.69) is 16.0 Å². The maximum absolute atomic E-state index is 10.5. The first-order valence-corrected chi connectivity index (χ1v) is 8.79. The predicted octanol–water partition coefficient (Wildman–Crippen LogP) is -5.75. The van der Waals surface area contributed by atoms with E-state index >= 15 is 0 Å². The summed E-state index contributed by atoms with van der Waals surface area (Å²) in [4.78, 5) is 0. The first-order chi connectivity index (χ1) is 11.1. The van der Waals surface area contributed by atoms with Gasteiger partial charge in [-0.1, -0.05) is 23.0 Å². The molecule has 1 aliphatic heterocycles. The van der Waals surface area contributed by atoms with Crippen molar-refractivity contribution in [2.75, 3.05) is 6.61 Å². The molecule has 140 valence electrons. The third-order valence-corrected chi connectivity index (χ3v) is 4.38. The van der Waals surface area contributed by atoms with E-state index in [1.807, 2.05) is 0 Å². The first kappa shape index (κ1) is 25.9. The van der Waals surface area contributed by atoms with Crippen LogP contribution in [-0.2, 0) is 19.4 Å². The van der Waals surface area contributed by atoms with E-state index in [0.717, 1.165) is 6.08 Å². The Labute approximate surface area is 191 Å². The second kappa shape index (κ2) is 11.7. The van der Waals surface area contributed by atoms with Gasteiger partial charge in [-0.2, -0.15) is 8.42 Å². The van der Waals surface area contributed by atoms with E-state index in [1.165, 1.54) is 0 Å². The third-order valence-electron chi connectivity index (χ3n) is 2.99. The van der Waals surface area contributed by atoms with Gasteiger partial charge in [0.15, 0.2) is 0 Å². The molecule has 0 saturated carbocycles. The van der Waals surface area contributed by atoms with Crippen molar-refractivity contribution < 1.29 is 98.9 Å². The maximum Gasteiger partial charge on any atom is 1.00 e.